The van der Waals surface area contributed by atoms with Crippen LogP contribution in [0.2, 0.25) is 0 Å². The molecular weight excluding hydrogens is 268 g/mol. The van der Waals surface area contributed by atoms with Crippen LogP contribution in [0.25, 0.3) is 0 Å². The molecule has 2 atom stereocenters. The molecule has 5 heteroatoms. The topological polar surface area (TPSA) is 60.9 Å². The number of urea groups is 1. The van der Waals surface area contributed by atoms with E-state index in [0.717, 1.165) is 13.1 Å². The zero-order chi connectivity index (χ0) is 16.2. The Hall–Kier alpha value is -1.26. The zero-order valence-corrected chi connectivity index (χ0v) is 14.0. The summed E-state index contributed by atoms with van der Waals surface area (Å²) in [6, 6.07) is 0.0583. The average Bonchev–Trinajstić information content (AvgIpc) is 2.35. The number of piperidine rings is 1. The highest BCUT2D eigenvalue weighted by Gasteiger charge is 2.34. The van der Waals surface area contributed by atoms with Crippen molar-refractivity contribution in [1.82, 2.24) is 9.80 Å². The Morgan fingerprint density at radius 1 is 1.19 bits per heavy atom. The number of amides is 2. The van der Waals surface area contributed by atoms with E-state index in [2.05, 4.69) is 27.7 Å². The van der Waals surface area contributed by atoms with E-state index in [1.165, 1.54) is 0 Å². The van der Waals surface area contributed by atoms with Crippen LogP contribution in [0.4, 0.5) is 4.79 Å². The van der Waals surface area contributed by atoms with Crippen LogP contribution in [0, 0.1) is 17.8 Å². The van der Waals surface area contributed by atoms with Crippen molar-refractivity contribution in [3.05, 3.63) is 0 Å². The van der Waals surface area contributed by atoms with Gasteiger partial charge in [0, 0.05) is 25.7 Å². The maximum absolute atomic E-state index is 12.8. The minimum Gasteiger partial charge on any atom is -0.481 e. The van der Waals surface area contributed by atoms with Crippen LogP contribution in [-0.2, 0) is 4.79 Å². The lowest BCUT2D eigenvalue weighted by Gasteiger charge is -2.40. The van der Waals surface area contributed by atoms with Crippen LogP contribution in [0.15, 0.2) is 0 Å². The van der Waals surface area contributed by atoms with Gasteiger partial charge in [-0.1, -0.05) is 27.7 Å². The van der Waals surface area contributed by atoms with Crippen molar-refractivity contribution in [2.24, 2.45) is 17.8 Å². The molecule has 2 unspecified atom stereocenters. The number of likely N-dealkylation sites (tertiary alicyclic amines) is 1. The molecule has 122 valence electrons. The fourth-order valence-corrected chi connectivity index (χ4v) is 2.97. The summed E-state index contributed by atoms with van der Waals surface area (Å²) in [6.45, 7) is 12.5. The van der Waals surface area contributed by atoms with Crippen molar-refractivity contribution in [2.45, 2.75) is 53.5 Å². The van der Waals surface area contributed by atoms with Crippen LogP contribution < -0.4 is 0 Å². The van der Waals surface area contributed by atoms with Crippen molar-refractivity contribution < 1.29 is 14.7 Å². The zero-order valence-electron chi connectivity index (χ0n) is 14.0. The van der Waals surface area contributed by atoms with E-state index in [9.17, 15) is 9.59 Å². The van der Waals surface area contributed by atoms with Crippen molar-refractivity contribution in [3.8, 4) is 0 Å². The van der Waals surface area contributed by atoms with Gasteiger partial charge in [0.15, 0.2) is 0 Å². The van der Waals surface area contributed by atoms with Crippen LogP contribution in [0.5, 0.6) is 0 Å². The van der Waals surface area contributed by atoms with Crippen LogP contribution in [-0.4, -0.2) is 52.6 Å². The fraction of sp³-hybridized carbons (Fsp3) is 0.875. The third kappa shape index (κ3) is 5.21. The molecule has 0 bridgehead atoms. The maximum atomic E-state index is 12.8. The molecule has 0 aromatic rings. The second-order valence-corrected chi connectivity index (χ2v) is 7.08. The molecule has 0 aromatic heterocycles. The first-order valence-corrected chi connectivity index (χ1v) is 8.00. The number of carbonyl (C=O) groups excluding carboxylic acids is 1. The van der Waals surface area contributed by atoms with E-state index in [0.29, 0.717) is 31.2 Å². The molecule has 0 spiro atoms. The Kier molecular flexibility index (Phi) is 6.49. The predicted octanol–water partition coefficient (Wildman–Crippen LogP) is 2.91. The van der Waals surface area contributed by atoms with Crippen molar-refractivity contribution in [2.75, 3.05) is 19.6 Å². The number of rotatable bonds is 5. The highest BCUT2D eigenvalue weighted by molar-refractivity contribution is 5.76. The lowest BCUT2D eigenvalue weighted by molar-refractivity contribution is -0.143. The van der Waals surface area contributed by atoms with Crippen LogP contribution >= 0.6 is 0 Å². The second kappa shape index (κ2) is 7.66. The van der Waals surface area contributed by atoms with E-state index in [1.54, 1.807) is 0 Å². The Bertz CT molecular complexity index is 359. The molecule has 1 heterocycles. The fourth-order valence-electron chi connectivity index (χ4n) is 2.97. The summed E-state index contributed by atoms with van der Waals surface area (Å²) in [5, 5.41) is 9.11. The molecule has 0 radical (unpaired) electrons. The monoisotopic (exact) mass is 298 g/mol. The van der Waals surface area contributed by atoms with Gasteiger partial charge in [-0.05, 0) is 31.6 Å². The summed E-state index contributed by atoms with van der Waals surface area (Å²) in [4.78, 5) is 27.6. The Labute approximate surface area is 128 Å². The summed E-state index contributed by atoms with van der Waals surface area (Å²) < 4.78 is 0. The number of hydrogen-bond acceptors (Lipinski definition) is 2. The summed E-state index contributed by atoms with van der Waals surface area (Å²) in [5.41, 5.74) is 0. The van der Waals surface area contributed by atoms with Gasteiger partial charge in [-0.25, -0.2) is 4.79 Å². The number of carbonyl (C=O) groups is 2. The first-order chi connectivity index (χ1) is 9.72. The largest absolute Gasteiger partial charge is 0.481 e. The smallest absolute Gasteiger partial charge is 0.320 e. The van der Waals surface area contributed by atoms with E-state index < -0.39 is 5.97 Å². The quantitative estimate of drug-likeness (QED) is 0.849. The Balaban J connectivity index is 2.72. The molecule has 1 saturated heterocycles. The molecule has 2 amide bonds. The highest BCUT2D eigenvalue weighted by atomic mass is 16.4. The molecule has 0 aliphatic carbocycles. The first kappa shape index (κ1) is 17.8. The summed E-state index contributed by atoms with van der Waals surface area (Å²) in [7, 11) is 0. The molecule has 5 nitrogen and oxygen atoms in total. The molecule has 1 aliphatic rings. The molecule has 1 N–H and O–H groups in total. The molecule has 21 heavy (non-hydrogen) atoms. The number of hydrogen-bond donors (Lipinski definition) is 1. The predicted molar refractivity (Wildman–Crippen MR) is 83.2 cm³/mol. The lowest BCUT2D eigenvalue weighted by Crippen LogP contribution is -2.52. The van der Waals surface area contributed by atoms with Crippen LogP contribution in [0.1, 0.15) is 47.5 Å². The van der Waals surface area contributed by atoms with Crippen molar-refractivity contribution >= 4 is 12.0 Å². The molecule has 1 fully saturated rings. The van der Waals surface area contributed by atoms with Gasteiger partial charge in [0.25, 0.3) is 0 Å². The number of carboxylic acid groups (broad SMARTS) is 1. The van der Waals surface area contributed by atoms with E-state index in [1.807, 2.05) is 16.7 Å². The van der Waals surface area contributed by atoms with Gasteiger partial charge < -0.3 is 14.9 Å². The molecule has 0 saturated carbocycles. The van der Waals surface area contributed by atoms with Crippen molar-refractivity contribution in [1.29, 1.82) is 0 Å². The van der Waals surface area contributed by atoms with Gasteiger partial charge in [0.05, 0.1) is 5.92 Å². The third-order valence-corrected chi connectivity index (χ3v) is 3.91. The SMILES string of the molecule is CC(C)CN(CC(C)C)C(=O)N1CCC(C(=O)O)CC1C. The second-order valence-electron chi connectivity index (χ2n) is 7.08. The Morgan fingerprint density at radius 3 is 2.10 bits per heavy atom. The standard InChI is InChI=1S/C16H30N2O3/c1-11(2)9-17(10-12(3)4)16(21)18-7-6-14(15(19)20)8-13(18)5/h11-14H,6-10H2,1-5H3,(H,19,20). The molecular formula is C16H30N2O3. The lowest BCUT2D eigenvalue weighted by atomic mass is 9.92. The number of carboxylic acids is 1. The third-order valence-electron chi connectivity index (χ3n) is 3.91. The Morgan fingerprint density at radius 2 is 1.71 bits per heavy atom. The van der Waals surface area contributed by atoms with Crippen molar-refractivity contribution in [3.63, 3.8) is 0 Å². The van der Waals surface area contributed by atoms with Gasteiger partial charge in [-0.3, -0.25) is 4.79 Å². The van der Waals surface area contributed by atoms with Gasteiger partial charge >= 0.3 is 12.0 Å². The highest BCUT2D eigenvalue weighted by Crippen LogP contribution is 2.24. The summed E-state index contributed by atoms with van der Waals surface area (Å²) >= 11 is 0. The van der Waals surface area contributed by atoms with E-state index in [4.69, 9.17) is 5.11 Å². The number of aliphatic carboxylic acids is 1. The van der Waals surface area contributed by atoms with Gasteiger partial charge in [-0.15, -0.1) is 0 Å². The molecule has 0 aromatic carbocycles. The minimum absolute atomic E-state index is 0.00539. The molecule has 1 rings (SSSR count). The summed E-state index contributed by atoms with van der Waals surface area (Å²) in [5.74, 6) is -0.193. The van der Waals surface area contributed by atoms with Crippen LogP contribution in [0.3, 0.4) is 0 Å². The first-order valence-electron chi connectivity index (χ1n) is 8.00. The van der Waals surface area contributed by atoms with Gasteiger partial charge in [0.2, 0.25) is 0 Å². The van der Waals surface area contributed by atoms with E-state index >= 15 is 0 Å². The van der Waals surface area contributed by atoms with E-state index in [-0.39, 0.29) is 18.0 Å². The van der Waals surface area contributed by atoms with Gasteiger partial charge in [-0.2, -0.15) is 0 Å². The summed E-state index contributed by atoms with van der Waals surface area (Å²) in [6.07, 6.45) is 1.11. The maximum Gasteiger partial charge on any atom is 0.320 e. The van der Waals surface area contributed by atoms with Gasteiger partial charge in [0.1, 0.15) is 0 Å². The minimum atomic E-state index is -0.741. The normalized spacial score (nSPS) is 22.7. The molecule has 1 aliphatic heterocycles. The number of nitrogens with zero attached hydrogens (tertiary/aromatic N) is 2. The average molecular weight is 298 g/mol.